The van der Waals surface area contributed by atoms with Crippen LogP contribution < -0.4 is 16.7 Å². The minimum Gasteiger partial charge on any atom is -0.432 e. The number of alkyl halides is 3. The molecule has 2 amide bonds. The number of halogens is 4. The van der Waals surface area contributed by atoms with E-state index in [2.05, 4.69) is 20.9 Å². The summed E-state index contributed by atoms with van der Waals surface area (Å²) in [6, 6.07) is 7.49. The fourth-order valence-corrected chi connectivity index (χ4v) is 2.86. The van der Waals surface area contributed by atoms with Crippen molar-refractivity contribution in [1.82, 2.24) is 15.9 Å². The van der Waals surface area contributed by atoms with Gasteiger partial charge in [0.05, 0.1) is 11.3 Å². The molecule has 2 unspecified atom stereocenters. The summed E-state index contributed by atoms with van der Waals surface area (Å²) in [5.41, 5.74) is 7.37. The lowest BCUT2D eigenvalue weighted by atomic mass is 10.1. The zero-order valence-corrected chi connectivity index (χ0v) is 16.3. The van der Waals surface area contributed by atoms with Crippen molar-refractivity contribution in [3.63, 3.8) is 0 Å². The first-order chi connectivity index (χ1) is 13.4. The maximum Gasteiger partial charge on any atom is 0.570 e. The van der Waals surface area contributed by atoms with E-state index in [9.17, 15) is 33.1 Å². The fourth-order valence-electron chi connectivity index (χ4n) is 2.34. The summed E-state index contributed by atoms with van der Waals surface area (Å²) in [4.78, 5) is 27.3. The number of hydrogen-bond acceptors (Lipinski definition) is 6. The van der Waals surface area contributed by atoms with E-state index in [1.54, 1.807) is 30.3 Å². The summed E-state index contributed by atoms with van der Waals surface area (Å²) in [5.74, 6) is -1.16. The number of nitrogens with zero attached hydrogens (tertiary/aromatic N) is 2. The number of aromatic nitrogens is 1. The van der Waals surface area contributed by atoms with Gasteiger partial charge in [0.2, 0.25) is 0 Å². The minimum atomic E-state index is -4.75. The van der Waals surface area contributed by atoms with Crippen molar-refractivity contribution in [3.8, 4) is 0 Å². The van der Waals surface area contributed by atoms with Crippen molar-refractivity contribution in [2.75, 3.05) is 5.73 Å². The predicted molar refractivity (Wildman–Crippen MR) is 96.9 cm³/mol. The van der Waals surface area contributed by atoms with Gasteiger partial charge in [0.15, 0.2) is 11.7 Å². The monoisotopic (exact) mass is 478 g/mol. The van der Waals surface area contributed by atoms with Crippen molar-refractivity contribution in [1.29, 1.82) is 0 Å². The molecule has 0 aliphatic carbocycles. The molecule has 6 N–H and O–H groups in total. The second-order valence-electron chi connectivity index (χ2n) is 5.88. The number of benzene rings is 1. The molecule has 2 aromatic rings. The molecule has 0 radical (unpaired) electrons. The Morgan fingerprint density at radius 2 is 1.86 bits per heavy atom. The molecule has 156 valence electrons. The number of hydroxylamine groups is 2. The molecule has 0 saturated heterocycles. The number of hydrazine groups is 1. The second-order valence-corrected chi connectivity index (χ2v) is 6.63. The van der Waals surface area contributed by atoms with E-state index >= 15 is 0 Å². The molecule has 0 aliphatic rings. The number of hydrogen-bond donors (Lipinski definition) is 5. The first kappa shape index (κ1) is 22.5. The number of nitrogens with two attached hydrogens (primary N) is 1. The first-order valence-electron chi connectivity index (χ1n) is 7.88. The third-order valence-corrected chi connectivity index (χ3v) is 4.60. The molecular weight excluding hydrogens is 463 g/mol. The highest BCUT2D eigenvalue weighted by Crippen LogP contribution is 2.35. The van der Waals surface area contributed by atoms with Crippen LogP contribution in [0.3, 0.4) is 0 Å². The van der Waals surface area contributed by atoms with Gasteiger partial charge in [-0.1, -0.05) is 30.3 Å². The molecule has 9 nitrogen and oxygen atoms in total. The maximum atomic E-state index is 12.9. The molecule has 1 aromatic carbocycles. The lowest BCUT2D eigenvalue weighted by Gasteiger charge is -2.29. The average Bonchev–Trinajstić information content (AvgIpc) is 2.66. The van der Waals surface area contributed by atoms with Gasteiger partial charge >= 0.3 is 12.3 Å². The van der Waals surface area contributed by atoms with Crippen LogP contribution in [0.2, 0.25) is 0 Å². The third-order valence-electron chi connectivity index (χ3n) is 4.00. The SMILES string of the molecule is CC(c1ccccc1)[N+](O)(NNC(=O)c1nc(Br)c(C(F)(F)F)cc1N)C(=O)O. The normalized spacial score (nSPS) is 14.7. The van der Waals surface area contributed by atoms with E-state index in [-0.39, 0.29) is 0 Å². The van der Waals surface area contributed by atoms with E-state index in [4.69, 9.17) is 5.73 Å². The van der Waals surface area contributed by atoms with Crippen molar-refractivity contribution in [2.45, 2.75) is 19.1 Å². The Morgan fingerprint density at radius 1 is 1.28 bits per heavy atom. The number of carbonyl (C=O) groups excluding carboxylic acids is 1. The van der Waals surface area contributed by atoms with Crippen LogP contribution in [0.1, 0.15) is 34.6 Å². The number of anilines is 1. The van der Waals surface area contributed by atoms with Crippen LogP contribution >= 0.6 is 15.9 Å². The maximum absolute atomic E-state index is 12.9. The largest absolute Gasteiger partial charge is 0.570 e. The Balaban J connectivity index is 2.26. The summed E-state index contributed by atoms with van der Waals surface area (Å²) >= 11 is 2.62. The summed E-state index contributed by atoms with van der Waals surface area (Å²) in [6.45, 7) is 1.38. The number of quaternary nitrogens is 1. The molecule has 2 rings (SSSR count). The molecule has 0 bridgehead atoms. The number of pyridine rings is 1. The summed E-state index contributed by atoms with van der Waals surface area (Å²) in [5, 5.41) is 19.9. The number of carbonyl (C=O) groups is 2. The Morgan fingerprint density at radius 3 is 2.38 bits per heavy atom. The molecule has 13 heteroatoms. The lowest BCUT2D eigenvalue weighted by Crippen LogP contribution is -2.65. The number of nitrogens with one attached hydrogen (secondary N) is 2. The first-order valence-corrected chi connectivity index (χ1v) is 8.68. The lowest BCUT2D eigenvalue weighted by molar-refractivity contribution is -1.10. The highest BCUT2D eigenvalue weighted by Gasteiger charge is 2.45. The van der Waals surface area contributed by atoms with Crippen molar-refractivity contribution in [2.24, 2.45) is 0 Å². The van der Waals surface area contributed by atoms with Crippen LogP contribution in [-0.2, 0) is 6.18 Å². The number of amides is 2. The van der Waals surface area contributed by atoms with Crippen LogP contribution in [-0.4, -0.2) is 32.1 Å². The van der Waals surface area contributed by atoms with E-state index < -0.39 is 50.5 Å². The zero-order chi connectivity index (χ0) is 22.0. The number of nitrogen functional groups attached to an aromatic ring is 1. The van der Waals surface area contributed by atoms with Gasteiger partial charge < -0.3 is 10.8 Å². The van der Waals surface area contributed by atoms with E-state index in [1.807, 2.05) is 11.0 Å². The molecule has 29 heavy (non-hydrogen) atoms. The van der Waals surface area contributed by atoms with Crippen molar-refractivity contribution >= 4 is 33.6 Å². The summed E-state index contributed by atoms with van der Waals surface area (Å²) in [6.07, 6.45) is -6.50. The highest BCUT2D eigenvalue weighted by atomic mass is 79.9. The molecule has 0 aliphatic heterocycles. The topological polar surface area (TPSA) is 138 Å². The molecular formula is C16H16BrF3N5O4+. The predicted octanol–water partition coefficient (Wildman–Crippen LogP) is 3.24. The van der Waals surface area contributed by atoms with Crippen LogP contribution in [0.5, 0.6) is 0 Å². The van der Waals surface area contributed by atoms with Crippen LogP contribution in [0, 0.1) is 0 Å². The van der Waals surface area contributed by atoms with Crippen molar-refractivity contribution in [3.05, 3.63) is 57.8 Å². The van der Waals surface area contributed by atoms with Gasteiger partial charge in [0.1, 0.15) is 4.60 Å². The van der Waals surface area contributed by atoms with Gasteiger partial charge in [-0.05, 0) is 34.5 Å². The number of carboxylic acid groups (broad SMARTS) is 1. The van der Waals surface area contributed by atoms with Crippen LogP contribution in [0.4, 0.5) is 23.7 Å². The van der Waals surface area contributed by atoms with E-state index in [0.717, 1.165) is 0 Å². The smallest absolute Gasteiger partial charge is 0.432 e. The molecule has 2 atom stereocenters. The number of rotatable bonds is 5. The molecule has 1 aromatic heterocycles. The Kier molecular flexibility index (Phi) is 6.47. The molecule has 0 spiro atoms. The van der Waals surface area contributed by atoms with Gasteiger partial charge in [0.25, 0.3) is 5.91 Å². The van der Waals surface area contributed by atoms with Gasteiger partial charge in [-0.25, -0.2) is 10.4 Å². The fraction of sp³-hybridized carbons (Fsp3) is 0.188. The molecule has 1 heterocycles. The standard InChI is InChI=1S/C16H15BrF3N5O4/c1-8(9-5-3-2-4-6-9)25(29,15(27)28)24-23-14(26)12-11(21)7-10(13(17)22-12)16(18,19)20/h2-8,29H,1H3,(H4-,21,22,23,24,26,27,28)/p+1. The van der Waals surface area contributed by atoms with Crippen molar-refractivity contribution < 1.29 is 37.8 Å². The summed E-state index contributed by atoms with van der Waals surface area (Å²) < 4.78 is 36.1. The minimum absolute atomic E-state index is 0.425. The molecule has 0 fully saturated rings. The van der Waals surface area contributed by atoms with Crippen LogP contribution in [0.15, 0.2) is 41.0 Å². The quantitative estimate of drug-likeness (QED) is 0.192. The van der Waals surface area contributed by atoms with Gasteiger partial charge in [0, 0.05) is 10.3 Å². The van der Waals surface area contributed by atoms with Gasteiger partial charge in [-0.3, -0.25) is 4.79 Å². The Labute approximate surface area is 170 Å². The third kappa shape index (κ3) is 4.82. The van der Waals surface area contributed by atoms with Crippen LogP contribution in [0.25, 0.3) is 0 Å². The summed E-state index contributed by atoms with van der Waals surface area (Å²) in [7, 11) is 0. The average molecular weight is 479 g/mol. The Bertz CT molecular complexity index is 929. The zero-order valence-electron chi connectivity index (χ0n) is 14.7. The van der Waals surface area contributed by atoms with Gasteiger partial charge in [-0.2, -0.15) is 23.2 Å². The molecule has 0 saturated carbocycles. The Hall–Kier alpha value is -2.74. The van der Waals surface area contributed by atoms with Gasteiger partial charge in [-0.15, -0.1) is 0 Å². The van der Waals surface area contributed by atoms with E-state index in [1.165, 1.54) is 6.92 Å². The second kappa shape index (κ2) is 8.32. The van der Waals surface area contributed by atoms with E-state index in [0.29, 0.717) is 11.6 Å². The highest BCUT2D eigenvalue weighted by molar-refractivity contribution is 9.10.